The first-order valence-electron chi connectivity index (χ1n) is 41.1. The van der Waals surface area contributed by atoms with Gasteiger partial charge in [-0.15, -0.1) is 11.8 Å². The fraction of sp³-hybridized carbons (Fsp3) is 0.467. The predicted octanol–water partition coefficient (Wildman–Crippen LogP) is 4.67. The number of phenols is 1. The maximum Gasteiger partial charge on any atom is 0.305 e. The number of nitrogens with zero attached hydrogens (tertiary/aromatic N) is 5. The summed E-state index contributed by atoms with van der Waals surface area (Å²) in [4.78, 5) is 241. The van der Waals surface area contributed by atoms with Crippen molar-refractivity contribution in [2.75, 3.05) is 66.4 Å². The number of primary amides is 1. The standard InChI is InChI=1S/C90H117N13O18S/c1-12-13-33-72-88(119)100(8)51-78(109)95-69(47-80(111)112)85(116)98-81(55(4)5)90(121)102(10)73(41-58-27-19-15-20-28-58)76(107)46-63(39-60-34-36-65(104)37-35-60)86(117)99(7)50-66(105)44-62(43-64-48-92-68-32-24-23-31-67(64)68)82(113)94-56(6)75(106)45-61(38-54(2)3)83(114)97-71(84(115)93-49-77(91)108)52-122-53-79(110)96-70(40-57-25-17-14-18-26-57)87(118)103(11)74(89(120)101(72)9)42-59-29-21-16-22-30-59/h14-32,34-37,48,54-56,61-63,69-74,81,92,104H,12-13,33,38-47,49-53H2,1-11H3,(H2,91,108)(H,93,115)(H,94,113)(H,95,109)(H,96,110)(H,97,114)(H,98,116)(H,111,112)/t56-,61+,62+,63+,69-,70-,71-,72-,73-,74-,81-/m0/s1. The van der Waals surface area contributed by atoms with Crippen molar-refractivity contribution in [1.82, 2.24) is 61.4 Å². The number of fused-ring (bicyclic) bond motifs is 1. The Morgan fingerprint density at radius 2 is 1.07 bits per heavy atom. The van der Waals surface area contributed by atoms with E-state index >= 15 is 24.0 Å². The summed E-state index contributed by atoms with van der Waals surface area (Å²) in [7, 11) is 6.73. The number of likely N-dealkylation sites (N-methyl/N-ethyl adjacent to an activating group) is 5. The van der Waals surface area contributed by atoms with Crippen LogP contribution < -0.4 is 37.6 Å². The molecule has 1 saturated heterocycles. The van der Waals surface area contributed by atoms with Crippen molar-refractivity contribution in [3.05, 3.63) is 174 Å². The van der Waals surface area contributed by atoms with E-state index in [0.29, 0.717) is 40.7 Å². The maximum absolute atomic E-state index is 15.5. The Morgan fingerprint density at radius 1 is 0.533 bits per heavy atom. The number of carboxylic acids is 1. The van der Waals surface area contributed by atoms with Crippen LogP contribution in [0.5, 0.6) is 5.75 Å². The third-order valence-corrected chi connectivity index (χ3v) is 22.7. The molecule has 122 heavy (non-hydrogen) atoms. The summed E-state index contributed by atoms with van der Waals surface area (Å²) in [5.74, 6) is -18.7. The number of nitrogens with one attached hydrogen (secondary N) is 7. The molecule has 12 amide bonds. The highest BCUT2D eigenvalue weighted by atomic mass is 32.2. The smallest absolute Gasteiger partial charge is 0.305 e. The molecule has 0 spiro atoms. The monoisotopic (exact) mass is 1700 g/mol. The molecule has 7 rings (SSSR count). The Bertz CT molecular complexity index is 4650. The van der Waals surface area contributed by atoms with Gasteiger partial charge in [0.25, 0.3) is 0 Å². The van der Waals surface area contributed by atoms with Crippen molar-refractivity contribution in [3.8, 4) is 5.75 Å². The molecule has 2 heterocycles. The highest BCUT2D eigenvalue weighted by Crippen LogP contribution is 2.28. The van der Waals surface area contributed by atoms with Gasteiger partial charge in [-0.25, -0.2) is 0 Å². The topological polar surface area (TPSA) is 444 Å². The van der Waals surface area contributed by atoms with Crippen LogP contribution in [0.1, 0.15) is 121 Å². The number of Topliss-reactive ketones (excluding diaryl/α,β-unsaturated/α-hetero) is 3. The maximum atomic E-state index is 15.5. The second-order valence-corrected chi connectivity index (χ2v) is 33.3. The summed E-state index contributed by atoms with van der Waals surface area (Å²) < 4.78 is 0. The van der Waals surface area contributed by atoms with Gasteiger partial charge in [-0.3, -0.25) is 76.7 Å². The van der Waals surface area contributed by atoms with Gasteiger partial charge >= 0.3 is 5.97 Å². The van der Waals surface area contributed by atoms with Gasteiger partial charge in [-0.2, -0.15) is 0 Å². The van der Waals surface area contributed by atoms with Crippen LogP contribution in [0.25, 0.3) is 10.9 Å². The predicted molar refractivity (Wildman–Crippen MR) is 459 cm³/mol. The van der Waals surface area contributed by atoms with Crippen LogP contribution in [0.4, 0.5) is 0 Å². The van der Waals surface area contributed by atoms with E-state index in [1.54, 1.807) is 129 Å². The minimum Gasteiger partial charge on any atom is -0.508 e. The SMILES string of the molecule is CCCC[C@H]1C(=O)N(C)CC(=O)N[C@@H](CC(=O)O)C(=O)N[C@@H](C(C)C)C(=O)N(C)[C@@H](Cc2ccccc2)C(=O)C[C@@H](Cc2ccc(O)cc2)C(=O)N(C)CC(=O)C[C@@H](Cc2c[nH]c3ccccc23)C(=O)N[C@@H](C)C(=O)C[C@@H](CC(C)C)C(=O)N[C@H](C(=O)NCC(N)=O)CSCC(=O)N[C@@H](Cc2ccccc2)C(=O)N(C)[C@@H](Cc2ccccc2)C(=O)N1C. The summed E-state index contributed by atoms with van der Waals surface area (Å²) in [5, 5.41) is 37.0. The number of thioether (sulfide) groups is 1. The van der Waals surface area contributed by atoms with Crippen LogP contribution >= 0.6 is 11.8 Å². The van der Waals surface area contributed by atoms with Gasteiger partial charge in [0.05, 0.1) is 43.9 Å². The van der Waals surface area contributed by atoms with E-state index in [0.717, 1.165) is 37.4 Å². The van der Waals surface area contributed by atoms with Crippen molar-refractivity contribution >= 4 is 117 Å². The lowest BCUT2D eigenvalue weighted by Crippen LogP contribution is -2.59. The minimum absolute atomic E-state index is 0.0487. The number of aromatic hydroxyl groups is 1. The summed E-state index contributed by atoms with van der Waals surface area (Å²) in [6.45, 7) is 8.06. The summed E-state index contributed by atoms with van der Waals surface area (Å²) in [6, 6.07) is 27.6. The van der Waals surface area contributed by atoms with Crippen molar-refractivity contribution in [2.45, 2.75) is 173 Å². The third kappa shape index (κ3) is 29.4. The molecule has 32 heteroatoms. The average Bonchev–Trinajstić information content (AvgIpc) is 1.79. The molecule has 0 bridgehead atoms. The number of nitrogens with two attached hydrogens (primary N) is 1. The number of carbonyl (C=O) groups is 16. The fourth-order valence-corrected chi connectivity index (χ4v) is 15.7. The van der Waals surface area contributed by atoms with Crippen LogP contribution in [0.3, 0.4) is 0 Å². The molecular weight excluding hydrogens is 1580 g/mol. The van der Waals surface area contributed by atoms with Crippen molar-refractivity contribution in [2.24, 2.45) is 35.3 Å². The number of aromatic nitrogens is 1. The quantitative estimate of drug-likeness (QED) is 0.0468. The molecule has 1 fully saturated rings. The highest BCUT2D eigenvalue weighted by molar-refractivity contribution is 8.00. The number of carboxylic acid groups (broad SMARTS) is 1. The van der Waals surface area contributed by atoms with Gasteiger partial charge in [0.2, 0.25) is 70.9 Å². The third-order valence-electron chi connectivity index (χ3n) is 21.7. The molecule has 11 atom stereocenters. The zero-order valence-electron chi connectivity index (χ0n) is 71.2. The number of para-hydroxylation sites is 1. The first kappa shape index (κ1) is 97.0. The van der Waals surface area contributed by atoms with Crippen LogP contribution in [-0.4, -0.2) is 249 Å². The van der Waals surface area contributed by atoms with Crippen LogP contribution in [-0.2, 0) is 109 Å². The van der Waals surface area contributed by atoms with Gasteiger partial charge in [0.1, 0.15) is 42.0 Å². The zero-order valence-corrected chi connectivity index (χ0v) is 72.1. The van der Waals surface area contributed by atoms with E-state index in [4.69, 9.17) is 5.73 Å². The van der Waals surface area contributed by atoms with E-state index in [1.807, 2.05) is 39.0 Å². The van der Waals surface area contributed by atoms with E-state index in [-0.39, 0.29) is 62.4 Å². The number of benzene rings is 5. The molecule has 1 aliphatic heterocycles. The zero-order chi connectivity index (χ0) is 89.6. The van der Waals surface area contributed by atoms with E-state index in [9.17, 15) is 63.0 Å². The van der Waals surface area contributed by atoms with Crippen molar-refractivity contribution in [3.63, 3.8) is 0 Å². The molecule has 31 nitrogen and oxygen atoms in total. The number of phenolic OH excluding ortho intramolecular Hbond substituents is 1. The van der Waals surface area contributed by atoms with Crippen molar-refractivity contribution in [1.29, 1.82) is 0 Å². The number of hydrogen-bond donors (Lipinski definition) is 10. The van der Waals surface area contributed by atoms with Crippen molar-refractivity contribution < 1.29 is 86.9 Å². The van der Waals surface area contributed by atoms with Gasteiger partial charge in [0.15, 0.2) is 17.3 Å². The van der Waals surface area contributed by atoms with E-state index in [2.05, 4.69) is 36.9 Å². The lowest BCUT2D eigenvalue weighted by molar-refractivity contribution is -0.151. The summed E-state index contributed by atoms with van der Waals surface area (Å²) in [6.07, 6.45) is -0.266. The Balaban J connectivity index is 1.29. The molecule has 1 aromatic heterocycles. The Morgan fingerprint density at radius 3 is 1.66 bits per heavy atom. The largest absolute Gasteiger partial charge is 0.508 e. The summed E-state index contributed by atoms with van der Waals surface area (Å²) in [5.41, 5.74) is 9.08. The first-order chi connectivity index (χ1) is 57.9. The molecule has 0 radical (unpaired) electrons. The number of rotatable bonds is 21. The van der Waals surface area contributed by atoms with Gasteiger partial charge in [-0.05, 0) is 96.9 Å². The number of aromatic amines is 1. The van der Waals surface area contributed by atoms with Crippen LogP contribution in [0.15, 0.2) is 146 Å². The molecule has 5 aromatic carbocycles. The Labute approximate surface area is 715 Å². The Hall–Kier alpha value is -12.1. The lowest BCUT2D eigenvalue weighted by atomic mass is 9.88. The molecule has 0 saturated carbocycles. The second kappa shape index (κ2) is 47.2. The average molecular weight is 1700 g/mol. The number of hydrogen-bond acceptors (Lipinski definition) is 18. The molecule has 0 unspecified atom stereocenters. The molecule has 0 aliphatic carbocycles. The molecule has 6 aromatic rings. The second-order valence-electron chi connectivity index (χ2n) is 32.3. The van der Waals surface area contributed by atoms with Crippen LogP contribution in [0.2, 0.25) is 0 Å². The van der Waals surface area contributed by atoms with Gasteiger partial charge < -0.3 is 77.3 Å². The molecule has 11 N–H and O–H groups in total. The number of carbonyl (C=O) groups excluding carboxylic acids is 15. The Kier molecular flexibility index (Phi) is 37.5. The number of H-pyrrole nitrogens is 1. The highest BCUT2D eigenvalue weighted by Gasteiger charge is 2.42. The molecule has 656 valence electrons. The normalized spacial score (nSPS) is 22.7. The molecule has 1 aliphatic rings. The number of amides is 12. The number of ketones is 3. The van der Waals surface area contributed by atoms with E-state index < -0.39 is 217 Å². The minimum atomic E-state index is -1.87. The first-order valence-corrected chi connectivity index (χ1v) is 42.3. The lowest BCUT2D eigenvalue weighted by Gasteiger charge is -2.37. The van der Waals surface area contributed by atoms with Gasteiger partial charge in [-0.1, -0.05) is 169 Å². The van der Waals surface area contributed by atoms with Crippen LogP contribution in [0, 0.1) is 29.6 Å². The number of aliphatic carboxylic acids is 1. The fourth-order valence-electron chi connectivity index (χ4n) is 14.9. The van der Waals surface area contributed by atoms with Gasteiger partial charge in [0, 0.05) is 108 Å². The number of unbranched alkanes of at least 4 members (excludes halogenated alkanes) is 1. The molecular formula is C90H117N13O18S. The van der Waals surface area contributed by atoms with E-state index in [1.165, 1.54) is 64.1 Å². The summed E-state index contributed by atoms with van der Waals surface area (Å²) >= 11 is 0.874.